The second kappa shape index (κ2) is 4.54. The molecule has 2 aliphatic carbocycles. The van der Waals surface area contributed by atoms with Crippen LogP contribution in [0.3, 0.4) is 0 Å². The summed E-state index contributed by atoms with van der Waals surface area (Å²) in [5, 5.41) is 3.41. The summed E-state index contributed by atoms with van der Waals surface area (Å²) in [6, 6.07) is 7.06. The van der Waals surface area contributed by atoms with Crippen LogP contribution in [0.15, 0.2) is 24.3 Å². The van der Waals surface area contributed by atoms with Gasteiger partial charge in [0, 0.05) is 23.9 Å². The number of hydrogen-bond acceptors (Lipinski definition) is 2. The molecule has 0 radical (unpaired) electrons. The fourth-order valence-corrected chi connectivity index (χ4v) is 3.73. The van der Waals surface area contributed by atoms with Crippen molar-refractivity contribution in [3.05, 3.63) is 30.1 Å². The van der Waals surface area contributed by atoms with Crippen LogP contribution in [-0.2, 0) is 0 Å². The topological polar surface area (TPSA) is 21.3 Å². The highest BCUT2D eigenvalue weighted by Gasteiger charge is 2.56. The Morgan fingerprint density at radius 1 is 1.33 bits per heavy atom. The summed E-state index contributed by atoms with van der Waals surface area (Å²) in [4.78, 5) is 0. The quantitative estimate of drug-likeness (QED) is 0.888. The molecule has 1 aromatic carbocycles. The van der Waals surface area contributed by atoms with Crippen molar-refractivity contribution in [1.29, 1.82) is 0 Å². The minimum Gasteiger partial charge on any atom is -0.490 e. The van der Waals surface area contributed by atoms with Gasteiger partial charge in [-0.15, -0.1) is 0 Å². The maximum atomic E-state index is 13.2. The Morgan fingerprint density at radius 2 is 2.11 bits per heavy atom. The van der Waals surface area contributed by atoms with Crippen molar-refractivity contribution in [2.45, 2.75) is 44.2 Å². The molecular formula is C15H20FNO. The van der Waals surface area contributed by atoms with E-state index < -0.39 is 0 Å². The molecular weight excluding hydrogens is 229 g/mol. The molecule has 3 rings (SSSR count). The van der Waals surface area contributed by atoms with Gasteiger partial charge in [-0.3, -0.25) is 0 Å². The lowest BCUT2D eigenvalue weighted by atomic mass is 9.60. The first-order valence-corrected chi connectivity index (χ1v) is 6.84. The molecule has 0 aromatic heterocycles. The van der Waals surface area contributed by atoms with Crippen LogP contribution in [0, 0.1) is 11.2 Å². The number of nitrogens with one attached hydrogen (secondary N) is 1. The van der Waals surface area contributed by atoms with Gasteiger partial charge in [-0.1, -0.05) is 18.9 Å². The highest BCUT2D eigenvalue weighted by atomic mass is 19.1. The van der Waals surface area contributed by atoms with Gasteiger partial charge >= 0.3 is 0 Å². The zero-order valence-electron chi connectivity index (χ0n) is 10.8. The van der Waals surface area contributed by atoms with Crippen molar-refractivity contribution in [2.75, 3.05) is 7.05 Å². The predicted octanol–water partition coefficient (Wildman–Crippen LogP) is 3.13. The molecule has 1 aromatic rings. The molecule has 1 spiro atoms. The summed E-state index contributed by atoms with van der Waals surface area (Å²) < 4.78 is 19.2. The third-order valence-electron chi connectivity index (χ3n) is 4.74. The molecule has 0 bridgehead atoms. The monoisotopic (exact) mass is 249 g/mol. The first-order chi connectivity index (χ1) is 8.74. The van der Waals surface area contributed by atoms with Gasteiger partial charge in [0.2, 0.25) is 0 Å². The van der Waals surface area contributed by atoms with Crippen molar-refractivity contribution in [3.63, 3.8) is 0 Å². The maximum Gasteiger partial charge on any atom is 0.126 e. The largest absolute Gasteiger partial charge is 0.490 e. The second-order valence-electron chi connectivity index (χ2n) is 5.58. The third-order valence-corrected chi connectivity index (χ3v) is 4.74. The molecule has 0 saturated heterocycles. The Morgan fingerprint density at radius 3 is 2.78 bits per heavy atom. The lowest BCUT2D eigenvalue weighted by Crippen LogP contribution is -2.63. The zero-order valence-corrected chi connectivity index (χ0v) is 10.8. The lowest BCUT2D eigenvalue weighted by Gasteiger charge is -2.53. The minimum atomic E-state index is -0.225. The van der Waals surface area contributed by atoms with E-state index in [4.69, 9.17) is 4.74 Å². The van der Waals surface area contributed by atoms with Gasteiger partial charge in [-0.05, 0) is 32.0 Å². The Hall–Kier alpha value is -1.09. The highest BCUT2D eigenvalue weighted by Crippen LogP contribution is 2.54. The van der Waals surface area contributed by atoms with Gasteiger partial charge in [0.1, 0.15) is 17.7 Å². The van der Waals surface area contributed by atoms with Crippen molar-refractivity contribution in [1.82, 2.24) is 5.32 Å². The second-order valence-corrected chi connectivity index (χ2v) is 5.58. The molecule has 2 atom stereocenters. The molecule has 0 aliphatic heterocycles. The fraction of sp³-hybridized carbons (Fsp3) is 0.600. The summed E-state index contributed by atoms with van der Waals surface area (Å²) in [7, 11) is 2.03. The standard InChI is InChI=1S/C15H20FNO/c1-17-13-10-14(15(13)7-2-3-8-15)18-12-6-4-5-11(16)9-12/h4-6,9,13-14,17H,2-3,7-8,10H2,1H3. The summed E-state index contributed by atoms with van der Waals surface area (Å²) >= 11 is 0. The number of rotatable bonds is 3. The van der Waals surface area contributed by atoms with Gasteiger partial charge in [-0.25, -0.2) is 4.39 Å². The van der Waals surface area contributed by atoms with Gasteiger partial charge in [-0.2, -0.15) is 0 Å². The van der Waals surface area contributed by atoms with E-state index in [0.717, 1.165) is 6.42 Å². The zero-order chi connectivity index (χ0) is 12.6. The van der Waals surface area contributed by atoms with Crippen LogP contribution < -0.4 is 10.1 Å². The van der Waals surface area contributed by atoms with Crippen molar-refractivity contribution in [2.24, 2.45) is 5.41 Å². The molecule has 2 aliphatic rings. The molecule has 2 saturated carbocycles. The Balaban J connectivity index is 1.74. The van der Waals surface area contributed by atoms with Crippen LogP contribution >= 0.6 is 0 Å². The Kier molecular flexibility index (Phi) is 3.02. The summed E-state index contributed by atoms with van der Waals surface area (Å²) in [5.74, 6) is 0.443. The normalized spacial score (nSPS) is 29.2. The van der Waals surface area contributed by atoms with E-state index in [1.807, 2.05) is 13.1 Å². The summed E-state index contributed by atoms with van der Waals surface area (Å²) in [6.45, 7) is 0. The van der Waals surface area contributed by atoms with Crippen LogP contribution in [-0.4, -0.2) is 19.2 Å². The Bertz CT molecular complexity index is 428. The minimum absolute atomic E-state index is 0.225. The number of benzene rings is 1. The maximum absolute atomic E-state index is 13.2. The van der Waals surface area contributed by atoms with E-state index >= 15 is 0 Å². The molecule has 98 valence electrons. The van der Waals surface area contributed by atoms with Crippen LogP contribution in [0.1, 0.15) is 32.1 Å². The Labute approximate surface area is 108 Å². The van der Waals surface area contributed by atoms with Gasteiger partial charge in [0.25, 0.3) is 0 Å². The van der Waals surface area contributed by atoms with E-state index in [1.165, 1.54) is 37.8 Å². The van der Waals surface area contributed by atoms with Gasteiger partial charge < -0.3 is 10.1 Å². The van der Waals surface area contributed by atoms with Crippen LogP contribution in [0.2, 0.25) is 0 Å². The van der Waals surface area contributed by atoms with Crippen molar-refractivity contribution >= 4 is 0 Å². The molecule has 2 unspecified atom stereocenters. The lowest BCUT2D eigenvalue weighted by molar-refractivity contribution is -0.0737. The first-order valence-electron chi connectivity index (χ1n) is 6.84. The van der Waals surface area contributed by atoms with Crippen molar-refractivity contribution < 1.29 is 9.13 Å². The fourth-order valence-electron chi connectivity index (χ4n) is 3.73. The number of hydrogen-bond donors (Lipinski definition) is 1. The van der Waals surface area contributed by atoms with E-state index in [-0.39, 0.29) is 11.9 Å². The highest BCUT2D eigenvalue weighted by molar-refractivity contribution is 5.24. The van der Waals surface area contributed by atoms with Crippen LogP contribution in [0.5, 0.6) is 5.75 Å². The third kappa shape index (κ3) is 1.81. The number of halogens is 1. The van der Waals surface area contributed by atoms with Gasteiger partial charge in [0.15, 0.2) is 0 Å². The van der Waals surface area contributed by atoms with E-state index in [1.54, 1.807) is 6.07 Å². The summed E-state index contributed by atoms with van der Waals surface area (Å²) in [6.07, 6.45) is 6.34. The molecule has 2 fully saturated rings. The van der Waals surface area contributed by atoms with Crippen molar-refractivity contribution in [3.8, 4) is 5.75 Å². The molecule has 1 N–H and O–H groups in total. The van der Waals surface area contributed by atoms with E-state index in [2.05, 4.69) is 5.32 Å². The van der Waals surface area contributed by atoms with Crippen LogP contribution in [0.25, 0.3) is 0 Å². The first kappa shape index (κ1) is 12.0. The van der Waals surface area contributed by atoms with E-state index in [0.29, 0.717) is 17.2 Å². The number of ether oxygens (including phenoxy) is 1. The predicted molar refractivity (Wildman–Crippen MR) is 69.2 cm³/mol. The molecule has 2 nitrogen and oxygen atoms in total. The van der Waals surface area contributed by atoms with Gasteiger partial charge in [0.05, 0.1) is 0 Å². The molecule has 18 heavy (non-hydrogen) atoms. The average Bonchev–Trinajstić information content (AvgIpc) is 2.86. The molecule has 0 amide bonds. The average molecular weight is 249 g/mol. The molecule has 0 heterocycles. The smallest absolute Gasteiger partial charge is 0.126 e. The molecule has 3 heteroatoms. The summed E-state index contributed by atoms with van der Waals surface area (Å²) in [5.41, 5.74) is 0.293. The van der Waals surface area contributed by atoms with Crippen LogP contribution in [0.4, 0.5) is 4.39 Å². The van der Waals surface area contributed by atoms with E-state index in [9.17, 15) is 4.39 Å². The SMILES string of the molecule is CNC1CC(Oc2cccc(F)c2)C12CCCC2.